The number of rotatable bonds is 5. The average molecular weight is 428 g/mol. The summed E-state index contributed by atoms with van der Waals surface area (Å²) in [7, 11) is 0. The quantitative estimate of drug-likeness (QED) is 0.727. The van der Waals surface area contributed by atoms with Crippen molar-refractivity contribution in [2.75, 3.05) is 48.3 Å². The zero-order valence-electron chi connectivity index (χ0n) is 16.1. The molecule has 4 rings (SSSR count). The number of anilines is 3. The van der Waals surface area contributed by atoms with Crippen LogP contribution in [0.2, 0.25) is 0 Å². The lowest BCUT2D eigenvalue weighted by atomic mass is 10.1. The van der Waals surface area contributed by atoms with Crippen LogP contribution in [0.3, 0.4) is 0 Å². The Morgan fingerprint density at radius 1 is 1.23 bits per heavy atom. The number of alkyl halides is 4. The second-order valence-electron chi connectivity index (χ2n) is 7.24. The van der Waals surface area contributed by atoms with Gasteiger partial charge in [-0.15, -0.1) is 0 Å². The molecule has 0 aliphatic carbocycles. The molecule has 0 spiro atoms. The largest absolute Gasteiger partial charge is 0.431 e. The smallest absolute Gasteiger partial charge is 0.387 e. The summed E-state index contributed by atoms with van der Waals surface area (Å²) in [6.45, 7) is -0.512. The molecule has 8 nitrogen and oxygen atoms in total. The van der Waals surface area contributed by atoms with E-state index in [-0.39, 0.29) is 23.6 Å². The molecular formula is C18H20F4N6O2. The predicted molar refractivity (Wildman–Crippen MR) is 101 cm³/mol. The highest BCUT2D eigenvalue weighted by Crippen LogP contribution is 2.34. The molecule has 2 saturated heterocycles. The maximum Gasteiger partial charge on any atom is 0.387 e. The highest BCUT2D eigenvalue weighted by atomic mass is 19.3. The Hall–Kier alpha value is -2.89. The Morgan fingerprint density at radius 2 is 2.00 bits per heavy atom. The predicted octanol–water partition coefficient (Wildman–Crippen LogP) is 2.40. The molecule has 4 heterocycles. The van der Waals surface area contributed by atoms with Crippen molar-refractivity contribution in [3.63, 3.8) is 0 Å². The molecule has 0 saturated carbocycles. The highest BCUT2D eigenvalue weighted by Gasteiger charge is 2.45. The fraction of sp³-hybridized carbons (Fsp3) is 0.500. The van der Waals surface area contributed by atoms with E-state index in [4.69, 9.17) is 10.5 Å². The second-order valence-corrected chi connectivity index (χ2v) is 7.24. The SMILES string of the molecule is C[C@H]1CN(c2cc(-c3cnc(N)c(OC(F)F)c3)nc(N3CC(F)(F)C3)n2)CCO1. The minimum atomic E-state index is -3.07. The van der Waals surface area contributed by atoms with Crippen LogP contribution < -0.4 is 20.3 Å². The minimum Gasteiger partial charge on any atom is -0.431 e. The van der Waals surface area contributed by atoms with Gasteiger partial charge in [0.05, 0.1) is 31.5 Å². The molecule has 162 valence electrons. The van der Waals surface area contributed by atoms with Gasteiger partial charge in [-0.1, -0.05) is 0 Å². The molecule has 2 aliphatic heterocycles. The standard InChI is InChI=1S/C18H20F4N6O2/c1-10-7-27(2-3-29-10)14-5-12(25-17(26-14)28-8-18(21,22)9-28)11-4-13(30-16(19)20)15(23)24-6-11/h4-6,10,16H,2-3,7-9H2,1H3,(H2,23,24)/t10-/m0/s1. The molecule has 0 unspecified atom stereocenters. The van der Waals surface area contributed by atoms with Crippen LogP contribution in [0.15, 0.2) is 18.3 Å². The first kappa shape index (κ1) is 20.4. The van der Waals surface area contributed by atoms with Crippen LogP contribution in [0.1, 0.15) is 6.92 Å². The first-order valence-electron chi connectivity index (χ1n) is 9.29. The summed E-state index contributed by atoms with van der Waals surface area (Å²) in [5.41, 5.74) is 6.28. The molecule has 0 radical (unpaired) electrons. The molecule has 0 aromatic carbocycles. The van der Waals surface area contributed by atoms with E-state index in [9.17, 15) is 17.6 Å². The van der Waals surface area contributed by atoms with Crippen molar-refractivity contribution in [1.29, 1.82) is 0 Å². The number of nitrogen functional groups attached to an aromatic ring is 1. The summed E-state index contributed by atoms with van der Waals surface area (Å²) in [5.74, 6) is -2.64. The fourth-order valence-corrected chi connectivity index (χ4v) is 3.34. The van der Waals surface area contributed by atoms with E-state index in [0.29, 0.717) is 36.8 Å². The summed E-state index contributed by atoms with van der Waals surface area (Å²) < 4.78 is 62.0. The highest BCUT2D eigenvalue weighted by molar-refractivity contribution is 5.68. The number of pyridine rings is 1. The molecule has 1 atom stereocenters. The van der Waals surface area contributed by atoms with Gasteiger partial charge in [0.15, 0.2) is 11.6 Å². The lowest BCUT2D eigenvalue weighted by Gasteiger charge is -2.39. The maximum absolute atomic E-state index is 13.4. The lowest BCUT2D eigenvalue weighted by molar-refractivity contribution is -0.0495. The van der Waals surface area contributed by atoms with E-state index in [2.05, 4.69) is 19.7 Å². The van der Waals surface area contributed by atoms with E-state index in [0.717, 1.165) is 0 Å². The normalized spacial score (nSPS) is 20.9. The minimum absolute atomic E-state index is 0.0295. The maximum atomic E-state index is 13.4. The van der Waals surface area contributed by atoms with E-state index in [1.165, 1.54) is 17.2 Å². The van der Waals surface area contributed by atoms with Crippen LogP contribution in [0, 0.1) is 0 Å². The van der Waals surface area contributed by atoms with Crippen molar-refractivity contribution in [2.45, 2.75) is 25.6 Å². The van der Waals surface area contributed by atoms with E-state index >= 15 is 0 Å². The fourth-order valence-electron chi connectivity index (χ4n) is 3.34. The monoisotopic (exact) mass is 428 g/mol. The van der Waals surface area contributed by atoms with Gasteiger partial charge in [0.2, 0.25) is 5.95 Å². The topological polar surface area (TPSA) is 89.6 Å². The van der Waals surface area contributed by atoms with Crippen molar-refractivity contribution in [1.82, 2.24) is 15.0 Å². The summed E-state index contributed by atoms with van der Waals surface area (Å²) in [5, 5.41) is 0. The molecule has 2 aliphatic rings. The van der Waals surface area contributed by atoms with Crippen molar-refractivity contribution in [2.24, 2.45) is 0 Å². The van der Waals surface area contributed by atoms with Crippen LogP contribution in [-0.2, 0) is 4.74 Å². The average Bonchev–Trinajstić information content (AvgIpc) is 2.67. The first-order chi connectivity index (χ1) is 14.2. The summed E-state index contributed by atoms with van der Waals surface area (Å²) >= 11 is 0. The van der Waals surface area contributed by atoms with Gasteiger partial charge in [0, 0.05) is 30.9 Å². The van der Waals surface area contributed by atoms with E-state index in [1.807, 2.05) is 11.8 Å². The Bertz CT molecular complexity index is 924. The molecule has 2 aromatic heterocycles. The van der Waals surface area contributed by atoms with Crippen molar-refractivity contribution < 1.29 is 27.0 Å². The van der Waals surface area contributed by atoms with Gasteiger partial charge in [-0.3, -0.25) is 0 Å². The zero-order valence-corrected chi connectivity index (χ0v) is 16.1. The van der Waals surface area contributed by atoms with Crippen molar-refractivity contribution in [3.8, 4) is 17.0 Å². The molecule has 2 N–H and O–H groups in total. The number of nitrogens with two attached hydrogens (primary N) is 1. The number of nitrogens with zero attached hydrogens (tertiary/aromatic N) is 5. The molecule has 0 amide bonds. The van der Waals surface area contributed by atoms with Crippen molar-refractivity contribution in [3.05, 3.63) is 18.3 Å². The number of hydrogen-bond donors (Lipinski definition) is 1. The number of hydrogen-bond acceptors (Lipinski definition) is 8. The molecule has 2 aromatic rings. The third-order valence-corrected chi connectivity index (χ3v) is 4.79. The number of ether oxygens (including phenoxy) is 2. The second kappa shape index (κ2) is 7.74. The van der Waals surface area contributed by atoms with Gasteiger partial charge < -0.3 is 25.0 Å². The van der Waals surface area contributed by atoms with Crippen LogP contribution in [0.5, 0.6) is 5.75 Å². The summed E-state index contributed by atoms with van der Waals surface area (Å²) in [4.78, 5) is 16.0. The van der Waals surface area contributed by atoms with E-state index < -0.39 is 25.6 Å². The third kappa shape index (κ3) is 4.32. The van der Waals surface area contributed by atoms with Crippen LogP contribution in [0.25, 0.3) is 11.3 Å². The van der Waals surface area contributed by atoms with Gasteiger partial charge in [-0.05, 0) is 13.0 Å². The molecule has 30 heavy (non-hydrogen) atoms. The first-order valence-corrected chi connectivity index (χ1v) is 9.29. The van der Waals surface area contributed by atoms with Gasteiger partial charge in [-0.2, -0.15) is 13.8 Å². The summed E-state index contributed by atoms with van der Waals surface area (Å²) in [6, 6.07) is 2.94. The van der Waals surface area contributed by atoms with Crippen LogP contribution >= 0.6 is 0 Å². The van der Waals surface area contributed by atoms with E-state index in [1.54, 1.807) is 6.07 Å². The van der Waals surface area contributed by atoms with Gasteiger partial charge in [0.1, 0.15) is 5.82 Å². The number of halogens is 4. The number of aromatic nitrogens is 3. The van der Waals surface area contributed by atoms with Crippen LogP contribution in [0.4, 0.5) is 35.1 Å². The molecular weight excluding hydrogens is 408 g/mol. The van der Waals surface area contributed by atoms with Gasteiger partial charge in [0.25, 0.3) is 5.92 Å². The van der Waals surface area contributed by atoms with Crippen molar-refractivity contribution >= 4 is 17.6 Å². The molecule has 0 bridgehead atoms. The van der Waals surface area contributed by atoms with Gasteiger partial charge in [-0.25, -0.2) is 18.7 Å². The third-order valence-electron chi connectivity index (χ3n) is 4.79. The zero-order chi connectivity index (χ0) is 21.5. The Morgan fingerprint density at radius 3 is 2.67 bits per heavy atom. The number of morpholine rings is 1. The Labute approximate surface area is 169 Å². The Kier molecular flexibility index (Phi) is 5.26. The summed E-state index contributed by atoms with van der Waals surface area (Å²) in [6.07, 6.45) is 1.33. The molecule has 12 heteroatoms. The van der Waals surface area contributed by atoms with Gasteiger partial charge >= 0.3 is 6.61 Å². The lowest BCUT2D eigenvalue weighted by Crippen LogP contribution is -2.57. The van der Waals surface area contributed by atoms with Crippen LogP contribution in [-0.4, -0.2) is 66.4 Å². The Balaban J connectivity index is 1.72. The molecule has 2 fully saturated rings.